The molecule has 0 atom stereocenters. The Balaban J connectivity index is 1.70. The van der Waals surface area contributed by atoms with Crippen LogP contribution in [0.1, 0.15) is 18.1 Å². The number of hydrogen-bond donors (Lipinski definition) is 2. The highest BCUT2D eigenvalue weighted by atomic mass is 16.5. The summed E-state index contributed by atoms with van der Waals surface area (Å²) in [4.78, 5) is 14.9. The van der Waals surface area contributed by atoms with Crippen LogP contribution >= 0.6 is 0 Å². The molecule has 0 spiro atoms. The topological polar surface area (TPSA) is 71.5 Å². The Hall–Kier alpha value is -3.73. The molecule has 3 aromatic carbocycles. The molecule has 2 N–H and O–H groups in total. The van der Waals surface area contributed by atoms with E-state index in [9.17, 15) is 9.90 Å². The predicted octanol–water partition coefficient (Wildman–Crippen LogP) is 5.44. The number of rotatable bonds is 8. The van der Waals surface area contributed by atoms with Gasteiger partial charge in [0.05, 0.1) is 18.7 Å². The van der Waals surface area contributed by atoms with E-state index in [0.717, 1.165) is 44.8 Å². The Morgan fingerprint density at radius 1 is 0.933 bits per heavy atom. The van der Waals surface area contributed by atoms with E-state index in [0.29, 0.717) is 13.2 Å². The molecule has 30 heavy (non-hydrogen) atoms. The zero-order valence-corrected chi connectivity index (χ0v) is 16.7. The number of benzene rings is 3. The molecule has 4 rings (SSSR count). The highest BCUT2D eigenvalue weighted by molar-refractivity contribution is 5.94. The standard InChI is InChI=1S/C25H23NO4/c1-2-29-20-11-12-23-21(14-20)22(15-24(27)28)25(26-23)18-9-6-10-19(13-18)30-16-17-7-4-3-5-8-17/h3-14,26H,2,15-16H2,1H3,(H,27,28). The van der Waals surface area contributed by atoms with Crippen molar-refractivity contribution < 1.29 is 19.4 Å². The molecular formula is C25H23NO4. The summed E-state index contributed by atoms with van der Waals surface area (Å²) < 4.78 is 11.6. The van der Waals surface area contributed by atoms with Crippen LogP contribution in [0.15, 0.2) is 72.8 Å². The van der Waals surface area contributed by atoms with Gasteiger partial charge in [0.15, 0.2) is 0 Å². The molecule has 152 valence electrons. The van der Waals surface area contributed by atoms with E-state index >= 15 is 0 Å². The fraction of sp³-hybridized carbons (Fsp3) is 0.160. The third-order valence-electron chi connectivity index (χ3n) is 4.89. The van der Waals surface area contributed by atoms with Crippen molar-refractivity contribution in [1.82, 2.24) is 4.98 Å². The molecule has 0 unspecified atom stereocenters. The molecule has 0 amide bonds. The lowest BCUT2D eigenvalue weighted by molar-refractivity contribution is -0.136. The number of ether oxygens (including phenoxy) is 2. The van der Waals surface area contributed by atoms with Gasteiger partial charge >= 0.3 is 5.97 Å². The number of carboxylic acids is 1. The zero-order chi connectivity index (χ0) is 20.9. The zero-order valence-electron chi connectivity index (χ0n) is 16.7. The number of aromatic nitrogens is 1. The normalized spacial score (nSPS) is 10.8. The summed E-state index contributed by atoms with van der Waals surface area (Å²) in [6, 6.07) is 23.4. The SMILES string of the molecule is CCOc1ccc2[nH]c(-c3cccc(OCc4ccccc4)c3)c(CC(=O)O)c2c1. The Kier molecular flexibility index (Phi) is 5.70. The molecule has 0 saturated carbocycles. The predicted molar refractivity (Wildman–Crippen MR) is 117 cm³/mol. The van der Waals surface area contributed by atoms with Gasteiger partial charge in [-0.1, -0.05) is 42.5 Å². The van der Waals surface area contributed by atoms with Crippen LogP contribution in [-0.2, 0) is 17.8 Å². The molecule has 0 saturated heterocycles. The maximum Gasteiger partial charge on any atom is 0.307 e. The minimum absolute atomic E-state index is 0.0833. The maximum absolute atomic E-state index is 11.6. The van der Waals surface area contributed by atoms with E-state index in [1.807, 2.05) is 79.7 Å². The van der Waals surface area contributed by atoms with Crippen molar-refractivity contribution in [3.05, 3.63) is 83.9 Å². The lowest BCUT2D eigenvalue weighted by Gasteiger charge is -2.09. The Morgan fingerprint density at radius 2 is 1.73 bits per heavy atom. The second-order valence-corrected chi connectivity index (χ2v) is 6.99. The number of H-pyrrole nitrogens is 1. The third-order valence-corrected chi connectivity index (χ3v) is 4.89. The van der Waals surface area contributed by atoms with Crippen molar-refractivity contribution in [2.24, 2.45) is 0 Å². The average molecular weight is 401 g/mol. The molecule has 0 aliphatic carbocycles. The van der Waals surface area contributed by atoms with Gasteiger partial charge in [0.2, 0.25) is 0 Å². The largest absolute Gasteiger partial charge is 0.494 e. The second kappa shape index (κ2) is 8.74. The number of carboxylic acid groups (broad SMARTS) is 1. The first-order valence-electron chi connectivity index (χ1n) is 9.90. The van der Waals surface area contributed by atoms with Crippen molar-refractivity contribution in [1.29, 1.82) is 0 Å². The van der Waals surface area contributed by atoms with Crippen LogP contribution in [0, 0.1) is 0 Å². The number of aliphatic carboxylic acids is 1. The number of hydrogen-bond acceptors (Lipinski definition) is 3. The van der Waals surface area contributed by atoms with Crippen LogP contribution in [-0.4, -0.2) is 22.7 Å². The van der Waals surface area contributed by atoms with Crippen molar-refractivity contribution in [3.8, 4) is 22.8 Å². The number of aromatic amines is 1. The van der Waals surface area contributed by atoms with E-state index in [-0.39, 0.29) is 6.42 Å². The van der Waals surface area contributed by atoms with E-state index in [1.54, 1.807) is 0 Å². The van der Waals surface area contributed by atoms with Crippen molar-refractivity contribution in [3.63, 3.8) is 0 Å². The van der Waals surface area contributed by atoms with Crippen LogP contribution in [0.3, 0.4) is 0 Å². The fourth-order valence-corrected chi connectivity index (χ4v) is 3.55. The Bertz CT molecular complexity index is 1160. The van der Waals surface area contributed by atoms with Crippen molar-refractivity contribution >= 4 is 16.9 Å². The quantitative estimate of drug-likeness (QED) is 0.412. The van der Waals surface area contributed by atoms with E-state index in [2.05, 4.69) is 4.98 Å². The molecule has 0 bridgehead atoms. The monoisotopic (exact) mass is 401 g/mol. The van der Waals surface area contributed by atoms with Crippen LogP contribution < -0.4 is 9.47 Å². The van der Waals surface area contributed by atoms with Crippen LogP contribution in [0.2, 0.25) is 0 Å². The molecule has 0 aliphatic heterocycles. The van der Waals surface area contributed by atoms with Crippen molar-refractivity contribution in [2.75, 3.05) is 6.61 Å². The number of carbonyl (C=O) groups is 1. The molecule has 4 aromatic rings. The van der Waals surface area contributed by atoms with Gasteiger partial charge in [-0.25, -0.2) is 0 Å². The lowest BCUT2D eigenvalue weighted by atomic mass is 10.0. The summed E-state index contributed by atoms with van der Waals surface area (Å²) in [5, 5.41) is 10.3. The van der Waals surface area contributed by atoms with Gasteiger partial charge < -0.3 is 19.6 Å². The third kappa shape index (κ3) is 4.30. The van der Waals surface area contributed by atoms with E-state index in [4.69, 9.17) is 9.47 Å². The van der Waals surface area contributed by atoms with Gasteiger partial charge in [-0.3, -0.25) is 4.79 Å². The van der Waals surface area contributed by atoms with Crippen molar-refractivity contribution in [2.45, 2.75) is 20.0 Å². The molecule has 1 heterocycles. The molecule has 0 radical (unpaired) electrons. The van der Waals surface area contributed by atoms with Crippen LogP contribution in [0.4, 0.5) is 0 Å². The van der Waals surface area contributed by atoms with E-state index in [1.165, 1.54) is 0 Å². The molecule has 5 heteroatoms. The summed E-state index contributed by atoms with van der Waals surface area (Å²) in [5.74, 6) is 0.573. The molecular weight excluding hydrogens is 378 g/mol. The lowest BCUT2D eigenvalue weighted by Crippen LogP contribution is -2.01. The highest BCUT2D eigenvalue weighted by Crippen LogP contribution is 2.34. The van der Waals surface area contributed by atoms with Gasteiger partial charge in [-0.15, -0.1) is 0 Å². The number of fused-ring (bicyclic) bond motifs is 1. The second-order valence-electron chi connectivity index (χ2n) is 6.99. The summed E-state index contributed by atoms with van der Waals surface area (Å²) in [7, 11) is 0. The van der Waals surface area contributed by atoms with Gasteiger partial charge in [0, 0.05) is 16.5 Å². The van der Waals surface area contributed by atoms with Gasteiger partial charge in [-0.2, -0.15) is 0 Å². The number of nitrogens with one attached hydrogen (secondary N) is 1. The molecule has 0 fully saturated rings. The van der Waals surface area contributed by atoms with E-state index < -0.39 is 5.97 Å². The fourth-order valence-electron chi connectivity index (χ4n) is 3.55. The highest BCUT2D eigenvalue weighted by Gasteiger charge is 2.17. The Morgan fingerprint density at radius 3 is 2.50 bits per heavy atom. The summed E-state index contributed by atoms with van der Waals surface area (Å²) in [6.07, 6.45) is -0.0833. The maximum atomic E-state index is 11.6. The molecule has 1 aromatic heterocycles. The molecule has 5 nitrogen and oxygen atoms in total. The average Bonchev–Trinajstić information content (AvgIpc) is 3.11. The summed E-state index contributed by atoms with van der Waals surface area (Å²) >= 11 is 0. The minimum atomic E-state index is -0.879. The molecule has 0 aliphatic rings. The van der Waals surface area contributed by atoms with Gasteiger partial charge in [0.25, 0.3) is 0 Å². The smallest absolute Gasteiger partial charge is 0.307 e. The summed E-state index contributed by atoms with van der Waals surface area (Å²) in [5.41, 5.74) is 4.36. The van der Waals surface area contributed by atoms with Gasteiger partial charge in [0.1, 0.15) is 18.1 Å². The summed E-state index contributed by atoms with van der Waals surface area (Å²) in [6.45, 7) is 2.94. The first kappa shape index (κ1) is 19.6. The van der Waals surface area contributed by atoms with Crippen LogP contribution in [0.5, 0.6) is 11.5 Å². The Labute approximate surface area is 174 Å². The first-order chi connectivity index (χ1) is 14.6. The minimum Gasteiger partial charge on any atom is -0.494 e. The first-order valence-corrected chi connectivity index (χ1v) is 9.90. The van der Waals surface area contributed by atoms with Crippen LogP contribution in [0.25, 0.3) is 22.2 Å². The van der Waals surface area contributed by atoms with Gasteiger partial charge in [-0.05, 0) is 48.4 Å².